The molecule has 0 radical (unpaired) electrons. The second-order valence-electron chi connectivity index (χ2n) is 5.70. The number of nitrogens with one attached hydrogen (secondary N) is 1. The Morgan fingerprint density at radius 3 is 2.50 bits per heavy atom. The maximum Gasteiger partial charge on any atom is 0.212 e. The lowest BCUT2D eigenvalue weighted by Crippen LogP contribution is -2.35. The summed E-state index contributed by atoms with van der Waals surface area (Å²) in [5.41, 5.74) is 0.359. The Kier molecular flexibility index (Phi) is 1.54. The Balaban J connectivity index is 2.01. The van der Waals surface area contributed by atoms with Gasteiger partial charge in [-0.25, -0.2) is 13.1 Å². The van der Waals surface area contributed by atoms with E-state index in [0.717, 1.165) is 0 Å². The number of fused-ring (bicyclic) bond motifs is 5. The van der Waals surface area contributed by atoms with Crippen LogP contribution in [-0.2, 0) is 10.0 Å². The zero-order valence-electron chi connectivity index (χ0n) is 8.66. The smallest absolute Gasteiger partial charge is 0.212 e. The molecule has 1 N–H and O–H groups in total. The lowest BCUT2D eigenvalue weighted by atomic mass is 9.80. The van der Waals surface area contributed by atoms with Crippen LogP contribution in [0.5, 0.6) is 0 Å². The number of rotatable bonds is 0. The largest absolute Gasteiger partial charge is 0.212 e. The molecule has 0 aromatic rings. The molecule has 0 aromatic carbocycles. The summed E-state index contributed by atoms with van der Waals surface area (Å²) in [5, 5.41) is 0. The highest BCUT2D eigenvalue weighted by Crippen LogP contribution is 2.61. The van der Waals surface area contributed by atoms with Crippen molar-refractivity contribution in [3.05, 3.63) is 0 Å². The second kappa shape index (κ2) is 2.35. The number of hydrogen-bond acceptors (Lipinski definition) is 2. The monoisotopic (exact) mass is 215 g/mol. The molecule has 0 unspecified atom stereocenters. The van der Waals surface area contributed by atoms with Crippen molar-refractivity contribution in [1.82, 2.24) is 4.72 Å². The normalized spacial score (nSPS) is 52.1. The lowest BCUT2D eigenvalue weighted by molar-refractivity contribution is 0.240. The van der Waals surface area contributed by atoms with E-state index < -0.39 is 10.0 Å². The Morgan fingerprint density at radius 2 is 1.86 bits per heavy atom. The molecular weight excluding hydrogens is 198 g/mol. The molecule has 2 saturated carbocycles. The minimum Gasteiger partial charge on any atom is -0.212 e. The zero-order valence-corrected chi connectivity index (χ0v) is 9.47. The van der Waals surface area contributed by atoms with Crippen LogP contribution in [-0.4, -0.2) is 20.2 Å². The van der Waals surface area contributed by atoms with Gasteiger partial charge in [-0.3, -0.25) is 0 Å². The lowest BCUT2D eigenvalue weighted by Gasteiger charge is -2.26. The summed E-state index contributed by atoms with van der Waals surface area (Å²) in [6.45, 7) is 4.61. The Bertz CT molecular complexity index is 346. The molecule has 0 aromatic heterocycles. The summed E-state index contributed by atoms with van der Waals surface area (Å²) in [7, 11) is -2.93. The minimum atomic E-state index is -2.93. The summed E-state index contributed by atoms with van der Waals surface area (Å²) >= 11 is 0. The van der Waals surface area contributed by atoms with E-state index in [9.17, 15) is 8.42 Å². The molecule has 80 valence electrons. The highest BCUT2D eigenvalue weighted by molar-refractivity contribution is 7.89. The summed E-state index contributed by atoms with van der Waals surface area (Å²) in [5.74, 6) is 1.98. The van der Waals surface area contributed by atoms with Crippen LogP contribution in [0, 0.1) is 23.2 Å². The van der Waals surface area contributed by atoms with Gasteiger partial charge in [0, 0.05) is 6.04 Å². The third-order valence-corrected chi connectivity index (χ3v) is 6.29. The summed E-state index contributed by atoms with van der Waals surface area (Å²) in [6.07, 6.45) is 2.44. The molecule has 3 nitrogen and oxygen atoms in total. The molecule has 1 saturated heterocycles. The fraction of sp³-hybridized carbons (Fsp3) is 1.00. The topological polar surface area (TPSA) is 46.2 Å². The Hall–Kier alpha value is -0.0900. The van der Waals surface area contributed by atoms with Crippen LogP contribution in [0.1, 0.15) is 26.7 Å². The summed E-state index contributed by atoms with van der Waals surface area (Å²) in [4.78, 5) is 0. The third kappa shape index (κ3) is 0.936. The van der Waals surface area contributed by atoms with Crippen molar-refractivity contribution < 1.29 is 8.42 Å². The summed E-state index contributed by atoms with van der Waals surface area (Å²) < 4.78 is 25.8. The van der Waals surface area contributed by atoms with Gasteiger partial charge in [0.15, 0.2) is 0 Å². The Labute approximate surface area is 85.3 Å². The molecule has 0 amide bonds. The van der Waals surface area contributed by atoms with E-state index >= 15 is 0 Å². The SMILES string of the molecule is CC1(C)[C@@H]2CC[C@H]1[C@H]1CS(=O)(=O)N[C@@H]12. The van der Waals surface area contributed by atoms with Gasteiger partial charge in [-0.1, -0.05) is 13.8 Å². The van der Waals surface area contributed by atoms with Gasteiger partial charge in [0.1, 0.15) is 0 Å². The van der Waals surface area contributed by atoms with E-state index in [4.69, 9.17) is 0 Å². The fourth-order valence-corrected chi connectivity index (χ4v) is 6.03. The van der Waals surface area contributed by atoms with Crippen molar-refractivity contribution in [2.24, 2.45) is 23.2 Å². The van der Waals surface area contributed by atoms with Crippen LogP contribution in [0.25, 0.3) is 0 Å². The number of sulfonamides is 1. The first-order valence-corrected chi connectivity index (χ1v) is 7.07. The maximum absolute atomic E-state index is 11.5. The van der Waals surface area contributed by atoms with Crippen LogP contribution in [0.3, 0.4) is 0 Å². The third-order valence-electron chi connectivity index (χ3n) is 4.84. The van der Waals surface area contributed by atoms with E-state index in [2.05, 4.69) is 18.6 Å². The van der Waals surface area contributed by atoms with Crippen molar-refractivity contribution >= 4 is 10.0 Å². The molecule has 3 aliphatic rings. The summed E-state index contributed by atoms with van der Waals surface area (Å²) in [6, 6.07) is 0.258. The molecular formula is C10H17NO2S. The van der Waals surface area contributed by atoms with Crippen LogP contribution in [0.15, 0.2) is 0 Å². The van der Waals surface area contributed by atoms with Crippen LogP contribution < -0.4 is 4.72 Å². The van der Waals surface area contributed by atoms with Crippen molar-refractivity contribution in [2.75, 3.05) is 5.75 Å². The number of hydrogen-bond donors (Lipinski definition) is 1. The van der Waals surface area contributed by atoms with Crippen molar-refractivity contribution in [2.45, 2.75) is 32.7 Å². The Morgan fingerprint density at radius 1 is 1.21 bits per heavy atom. The van der Waals surface area contributed by atoms with Gasteiger partial charge >= 0.3 is 0 Å². The van der Waals surface area contributed by atoms with Gasteiger partial charge in [-0.05, 0) is 36.0 Å². The molecule has 0 spiro atoms. The first kappa shape index (κ1) is 9.16. The molecule has 4 atom stereocenters. The second-order valence-corrected chi connectivity index (χ2v) is 7.50. The van der Waals surface area contributed by atoms with Crippen molar-refractivity contribution in [3.8, 4) is 0 Å². The van der Waals surface area contributed by atoms with E-state index in [1.165, 1.54) is 12.8 Å². The first-order chi connectivity index (χ1) is 6.42. The van der Waals surface area contributed by atoms with Gasteiger partial charge < -0.3 is 0 Å². The molecule has 14 heavy (non-hydrogen) atoms. The average molecular weight is 215 g/mol. The van der Waals surface area contributed by atoms with Crippen LogP contribution >= 0.6 is 0 Å². The average Bonchev–Trinajstić information content (AvgIpc) is 2.54. The van der Waals surface area contributed by atoms with Gasteiger partial charge in [0.25, 0.3) is 0 Å². The fourth-order valence-electron chi connectivity index (χ4n) is 4.23. The van der Waals surface area contributed by atoms with E-state index in [0.29, 0.717) is 28.9 Å². The van der Waals surface area contributed by atoms with Gasteiger partial charge in [0.05, 0.1) is 5.75 Å². The van der Waals surface area contributed by atoms with Gasteiger partial charge in [0.2, 0.25) is 10.0 Å². The van der Waals surface area contributed by atoms with Crippen molar-refractivity contribution in [1.29, 1.82) is 0 Å². The molecule has 1 aliphatic heterocycles. The van der Waals surface area contributed by atoms with E-state index in [1.807, 2.05) is 0 Å². The predicted molar refractivity (Wildman–Crippen MR) is 54.2 cm³/mol. The standard InChI is InChI=1S/C10H17NO2S/c1-10(2)7-3-4-8(10)9-6(7)5-14(12,13)11-9/h6-9,11H,3-5H2,1-2H3/t6-,7+,8-,9+/m1/s1. The molecule has 2 bridgehead atoms. The molecule has 1 heterocycles. The molecule has 3 rings (SSSR count). The first-order valence-electron chi connectivity index (χ1n) is 5.42. The van der Waals surface area contributed by atoms with E-state index in [1.54, 1.807) is 0 Å². The van der Waals surface area contributed by atoms with Crippen LogP contribution in [0.4, 0.5) is 0 Å². The van der Waals surface area contributed by atoms with Gasteiger partial charge in [-0.15, -0.1) is 0 Å². The maximum atomic E-state index is 11.5. The molecule has 2 aliphatic carbocycles. The highest BCUT2D eigenvalue weighted by Gasteiger charge is 2.62. The molecule has 3 fully saturated rings. The van der Waals surface area contributed by atoms with Crippen molar-refractivity contribution in [3.63, 3.8) is 0 Å². The minimum absolute atomic E-state index is 0.258. The zero-order chi connectivity index (χ0) is 10.1. The van der Waals surface area contributed by atoms with Crippen LogP contribution in [0.2, 0.25) is 0 Å². The highest BCUT2D eigenvalue weighted by atomic mass is 32.2. The quantitative estimate of drug-likeness (QED) is 0.654. The van der Waals surface area contributed by atoms with E-state index in [-0.39, 0.29) is 6.04 Å². The molecule has 4 heteroatoms. The predicted octanol–water partition coefficient (Wildman–Crippen LogP) is 0.970. The van der Waals surface area contributed by atoms with Gasteiger partial charge in [-0.2, -0.15) is 0 Å².